The van der Waals surface area contributed by atoms with Crippen LogP contribution in [0.1, 0.15) is 31.7 Å². The zero-order valence-corrected chi connectivity index (χ0v) is 10.4. The van der Waals surface area contributed by atoms with Gasteiger partial charge in [0.1, 0.15) is 0 Å². The van der Waals surface area contributed by atoms with Crippen LogP contribution in [0.2, 0.25) is 0 Å². The highest BCUT2D eigenvalue weighted by atomic mass is 16.3. The Hall–Kier alpha value is -1.06. The van der Waals surface area contributed by atoms with E-state index in [0.29, 0.717) is 0 Å². The van der Waals surface area contributed by atoms with Gasteiger partial charge in [-0.2, -0.15) is 0 Å². The predicted molar refractivity (Wildman–Crippen MR) is 69.1 cm³/mol. The third-order valence-electron chi connectivity index (χ3n) is 3.57. The maximum atomic E-state index is 10.1. The Morgan fingerprint density at radius 1 is 1.24 bits per heavy atom. The van der Waals surface area contributed by atoms with Crippen LogP contribution in [-0.2, 0) is 6.61 Å². The molecule has 0 radical (unpaired) electrons. The fourth-order valence-corrected chi connectivity index (χ4v) is 2.46. The molecular formula is C14H21NO2. The van der Waals surface area contributed by atoms with E-state index in [9.17, 15) is 10.2 Å². The molecule has 1 aromatic rings. The molecule has 1 unspecified atom stereocenters. The van der Waals surface area contributed by atoms with Crippen molar-refractivity contribution in [2.24, 2.45) is 0 Å². The van der Waals surface area contributed by atoms with Crippen molar-refractivity contribution in [2.45, 2.75) is 38.4 Å². The van der Waals surface area contributed by atoms with Crippen LogP contribution in [-0.4, -0.2) is 28.9 Å². The molecule has 0 saturated carbocycles. The fraction of sp³-hybridized carbons (Fsp3) is 0.571. The predicted octanol–water partition coefficient (Wildman–Crippen LogP) is 1.92. The van der Waals surface area contributed by atoms with E-state index < -0.39 is 5.60 Å². The third kappa shape index (κ3) is 2.99. The molecule has 3 nitrogen and oxygen atoms in total. The van der Waals surface area contributed by atoms with Crippen molar-refractivity contribution >= 4 is 5.69 Å². The van der Waals surface area contributed by atoms with Gasteiger partial charge in [-0.1, -0.05) is 18.2 Å². The van der Waals surface area contributed by atoms with Gasteiger partial charge in [0, 0.05) is 24.3 Å². The topological polar surface area (TPSA) is 43.7 Å². The van der Waals surface area contributed by atoms with Crippen molar-refractivity contribution in [2.75, 3.05) is 18.0 Å². The minimum absolute atomic E-state index is 0.0725. The number of hydrogen-bond acceptors (Lipinski definition) is 3. The van der Waals surface area contributed by atoms with Gasteiger partial charge in [-0.05, 0) is 32.3 Å². The van der Waals surface area contributed by atoms with Gasteiger partial charge in [0.15, 0.2) is 0 Å². The number of nitrogens with zero attached hydrogens (tertiary/aromatic N) is 1. The summed E-state index contributed by atoms with van der Waals surface area (Å²) in [6.07, 6.45) is 2.63. The number of hydrogen-bond donors (Lipinski definition) is 2. The van der Waals surface area contributed by atoms with Gasteiger partial charge < -0.3 is 15.1 Å². The van der Waals surface area contributed by atoms with E-state index in [2.05, 4.69) is 4.90 Å². The average Bonchev–Trinajstić information content (AvgIpc) is 2.50. The van der Waals surface area contributed by atoms with E-state index in [1.807, 2.05) is 31.2 Å². The largest absolute Gasteiger partial charge is 0.392 e. The van der Waals surface area contributed by atoms with Crippen LogP contribution in [0, 0.1) is 0 Å². The second-order valence-electron chi connectivity index (χ2n) is 5.12. The molecule has 0 aromatic heterocycles. The van der Waals surface area contributed by atoms with Gasteiger partial charge in [-0.15, -0.1) is 0 Å². The summed E-state index contributed by atoms with van der Waals surface area (Å²) >= 11 is 0. The molecular weight excluding hydrogens is 214 g/mol. The monoisotopic (exact) mass is 235 g/mol. The molecule has 2 rings (SSSR count). The van der Waals surface area contributed by atoms with Crippen molar-refractivity contribution in [1.82, 2.24) is 0 Å². The number of anilines is 1. The Labute approximate surface area is 103 Å². The van der Waals surface area contributed by atoms with E-state index in [4.69, 9.17) is 0 Å². The molecule has 94 valence electrons. The van der Waals surface area contributed by atoms with Gasteiger partial charge in [-0.3, -0.25) is 0 Å². The molecule has 1 saturated heterocycles. The van der Waals surface area contributed by atoms with Gasteiger partial charge in [-0.25, -0.2) is 0 Å². The van der Waals surface area contributed by atoms with Crippen molar-refractivity contribution in [1.29, 1.82) is 0 Å². The lowest BCUT2D eigenvalue weighted by molar-refractivity contribution is 0.0481. The normalized spacial score (nSPS) is 25.7. The highest BCUT2D eigenvalue weighted by molar-refractivity contribution is 5.53. The molecule has 0 spiro atoms. The molecule has 17 heavy (non-hydrogen) atoms. The highest BCUT2D eigenvalue weighted by Crippen LogP contribution is 2.27. The minimum Gasteiger partial charge on any atom is -0.392 e. The Balaban J connectivity index is 2.17. The maximum absolute atomic E-state index is 10.1. The van der Waals surface area contributed by atoms with Gasteiger partial charge in [0.2, 0.25) is 0 Å². The van der Waals surface area contributed by atoms with Gasteiger partial charge in [0.25, 0.3) is 0 Å². The summed E-state index contributed by atoms with van der Waals surface area (Å²) < 4.78 is 0. The van der Waals surface area contributed by atoms with E-state index in [1.165, 1.54) is 0 Å². The van der Waals surface area contributed by atoms with Crippen molar-refractivity contribution in [3.8, 4) is 0 Å². The first-order valence-corrected chi connectivity index (χ1v) is 6.28. The quantitative estimate of drug-likeness (QED) is 0.823. The molecule has 1 heterocycles. The second kappa shape index (κ2) is 5.07. The summed E-state index contributed by atoms with van der Waals surface area (Å²) in [5, 5.41) is 19.4. The molecule has 1 aromatic carbocycles. The maximum Gasteiger partial charge on any atom is 0.0702 e. The van der Waals surface area contributed by atoms with E-state index in [0.717, 1.165) is 43.6 Å². The van der Waals surface area contributed by atoms with Gasteiger partial charge >= 0.3 is 0 Å². The molecule has 0 bridgehead atoms. The number of para-hydroxylation sites is 1. The zero-order valence-electron chi connectivity index (χ0n) is 10.4. The standard InChI is InChI=1S/C14H21NO2/c1-14(17)7-4-9-15(10-8-14)13-6-3-2-5-12(13)11-16/h2-3,5-6,16-17H,4,7-11H2,1H3. The Morgan fingerprint density at radius 2 is 2.00 bits per heavy atom. The first-order chi connectivity index (χ1) is 8.12. The van der Waals surface area contributed by atoms with Crippen molar-refractivity contribution in [3.05, 3.63) is 29.8 Å². The summed E-state index contributed by atoms with van der Waals surface area (Å²) in [5.41, 5.74) is 1.53. The van der Waals surface area contributed by atoms with E-state index in [-0.39, 0.29) is 6.61 Å². The highest BCUT2D eigenvalue weighted by Gasteiger charge is 2.25. The number of benzene rings is 1. The summed E-state index contributed by atoms with van der Waals surface area (Å²) in [6, 6.07) is 7.95. The molecule has 2 N–H and O–H groups in total. The zero-order chi connectivity index (χ0) is 12.3. The smallest absolute Gasteiger partial charge is 0.0702 e. The summed E-state index contributed by atoms with van der Waals surface area (Å²) in [5.74, 6) is 0. The number of aliphatic hydroxyl groups excluding tert-OH is 1. The Bertz CT molecular complexity index is 376. The summed E-state index contributed by atoms with van der Waals surface area (Å²) in [6.45, 7) is 3.79. The third-order valence-corrected chi connectivity index (χ3v) is 3.57. The van der Waals surface area contributed by atoms with Crippen molar-refractivity contribution in [3.63, 3.8) is 0 Å². The lowest BCUT2D eigenvalue weighted by atomic mass is 9.98. The molecule has 1 fully saturated rings. The second-order valence-corrected chi connectivity index (χ2v) is 5.12. The van der Waals surface area contributed by atoms with Crippen LogP contribution in [0.25, 0.3) is 0 Å². The van der Waals surface area contributed by atoms with Gasteiger partial charge in [0.05, 0.1) is 12.2 Å². The molecule has 1 atom stereocenters. The Kier molecular flexibility index (Phi) is 3.69. The average molecular weight is 235 g/mol. The lowest BCUT2D eigenvalue weighted by Gasteiger charge is -2.26. The van der Waals surface area contributed by atoms with E-state index in [1.54, 1.807) is 0 Å². The molecule has 3 heteroatoms. The van der Waals surface area contributed by atoms with Crippen LogP contribution < -0.4 is 4.90 Å². The van der Waals surface area contributed by atoms with Crippen molar-refractivity contribution < 1.29 is 10.2 Å². The lowest BCUT2D eigenvalue weighted by Crippen LogP contribution is -2.28. The molecule has 0 amide bonds. The molecule has 1 aliphatic rings. The van der Waals surface area contributed by atoms with Crippen LogP contribution in [0.4, 0.5) is 5.69 Å². The van der Waals surface area contributed by atoms with Crippen LogP contribution in [0.15, 0.2) is 24.3 Å². The first kappa shape index (κ1) is 12.4. The van der Waals surface area contributed by atoms with Crippen LogP contribution in [0.3, 0.4) is 0 Å². The van der Waals surface area contributed by atoms with Crippen LogP contribution in [0.5, 0.6) is 0 Å². The summed E-state index contributed by atoms with van der Waals surface area (Å²) in [4.78, 5) is 2.27. The SMILES string of the molecule is CC1(O)CCCN(c2ccccc2CO)CC1. The number of rotatable bonds is 2. The van der Waals surface area contributed by atoms with E-state index >= 15 is 0 Å². The van der Waals surface area contributed by atoms with Crippen LogP contribution >= 0.6 is 0 Å². The fourth-order valence-electron chi connectivity index (χ4n) is 2.46. The summed E-state index contributed by atoms with van der Waals surface area (Å²) in [7, 11) is 0. The first-order valence-electron chi connectivity index (χ1n) is 6.28. The minimum atomic E-state index is -0.539. The molecule has 1 aliphatic heterocycles. The Morgan fingerprint density at radius 3 is 2.76 bits per heavy atom. The number of aliphatic hydroxyl groups is 2. The molecule has 0 aliphatic carbocycles.